The van der Waals surface area contributed by atoms with Crippen LogP contribution in [-0.2, 0) is 9.59 Å². The number of hydrogen-bond acceptors (Lipinski definition) is 4. The molecule has 0 fully saturated rings. The minimum atomic E-state index is 0.162. The van der Waals surface area contributed by atoms with Crippen molar-refractivity contribution in [1.82, 2.24) is 16.0 Å². The van der Waals surface area contributed by atoms with Crippen LogP contribution in [0.3, 0.4) is 0 Å². The van der Waals surface area contributed by atoms with Gasteiger partial charge in [-0.25, -0.2) is 0 Å². The molecule has 0 aromatic heterocycles. The molecule has 0 rings (SSSR count). The summed E-state index contributed by atoms with van der Waals surface area (Å²) in [5, 5.41) is 9.24. The predicted octanol–water partition coefficient (Wildman–Crippen LogP) is 1.72. The average molecular weight is 301 g/mol. The molecule has 0 unspecified atom stereocenters. The van der Waals surface area contributed by atoms with E-state index in [0.717, 1.165) is 38.8 Å². The lowest BCUT2D eigenvalue weighted by atomic mass is 10.2. The number of hydrogen-bond donors (Lipinski definition) is 3. The first-order valence-corrected chi connectivity index (χ1v) is 8.02. The summed E-state index contributed by atoms with van der Waals surface area (Å²) in [6.07, 6.45) is 4.17. The summed E-state index contributed by atoms with van der Waals surface area (Å²) in [5.74, 6) is 0.692. The Kier molecular flexibility index (Phi) is 18.2. The zero-order valence-corrected chi connectivity index (χ0v) is 14.5. The smallest absolute Gasteiger partial charge is 0.220 e. The van der Waals surface area contributed by atoms with Crippen LogP contribution in [0, 0.1) is 5.92 Å². The lowest BCUT2D eigenvalue weighted by Crippen LogP contribution is -2.29. The van der Waals surface area contributed by atoms with E-state index in [1.807, 2.05) is 20.9 Å². The number of amides is 1. The molecular weight excluding hydrogens is 266 g/mol. The van der Waals surface area contributed by atoms with Crippen LogP contribution < -0.4 is 16.0 Å². The summed E-state index contributed by atoms with van der Waals surface area (Å²) >= 11 is 0. The van der Waals surface area contributed by atoms with Crippen molar-refractivity contribution in [2.24, 2.45) is 5.92 Å². The van der Waals surface area contributed by atoms with Gasteiger partial charge in [0.25, 0.3) is 0 Å². The lowest BCUT2D eigenvalue weighted by molar-refractivity contribution is -0.121. The van der Waals surface area contributed by atoms with Gasteiger partial charge in [-0.3, -0.25) is 4.79 Å². The first-order chi connectivity index (χ1) is 9.93. The second-order valence-electron chi connectivity index (χ2n) is 5.82. The fraction of sp³-hybridized carbons (Fsp3) is 0.875. The highest BCUT2D eigenvalue weighted by Gasteiger charge is 1.99. The molecule has 5 nitrogen and oxygen atoms in total. The van der Waals surface area contributed by atoms with Crippen LogP contribution in [0.25, 0.3) is 0 Å². The SMILES string of the molecule is CC(C)CC=O.CNCCCC(=O)NCCCNC(C)C. The number of rotatable bonds is 11. The zero-order valence-electron chi connectivity index (χ0n) is 14.5. The van der Waals surface area contributed by atoms with Crippen molar-refractivity contribution in [3.63, 3.8) is 0 Å². The second-order valence-corrected chi connectivity index (χ2v) is 5.82. The number of nitrogens with one attached hydrogen (secondary N) is 3. The summed E-state index contributed by atoms with van der Waals surface area (Å²) in [4.78, 5) is 20.9. The van der Waals surface area contributed by atoms with Gasteiger partial charge < -0.3 is 20.7 Å². The zero-order chi connectivity index (χ0) is 16.5. The number of aldehydes is 1. The Balaban J connectivity index is 0. The summed E-state index contributed by atoms with van der Waals surface area (Å²) in [6.45, 7) is 10.9. The fourth-order valence-electron chi connectivity index (χ4n) is 1.41. The molecule has 0 radical (unpaired) electrons. The van der Waals surface area contributed by atoms with Crippen molar-refractivity contribution >= 4 is 12.2 Å². The second kappa shape index (κ2) is 17.1. The molecule has 0 saturated carbocycles. The van der Waals surface area contributed by atoms with Crippen LogP contribution in [0.1, 0.15) is 53.4 Å². The topological polar surface area (TPSA) is 70.2 Å². The van der Waals surface area contributed by atoms with Crippen LogP contribution in [0.15, 0.2) is 0 Å². The Labute approximate surface area is 130 Å². The highest BCUT2D eigenvalue weighted by atomic mass is 16.1. The number of carbonyl (C=O) groups is 2. The molecular formula is C16H35N3O2. The standard InChI is InChI=1S/C11H25N3O.C5H10O/c1-10(2)13-8-5-9-14-11(15)6-4-7-12-3;1-5(2)3-4-6/h10,12-13H,4-9H2,1-3H3,(H,14,15);4-5H,3H2,1-2H3. The Morgan fingerprint density at radius 3 is 2.14 bits per heavy atom. The van der Waals surface area contributed by atoms with Gasteiger partial charge in [0, 0.05) is 25.4 Å². The van der Waals surface area contributed by atoms with Crippen LogP contribution in [-0.4, -0.2) is 44.9 Å². The van der Waals surface area contributed by atoms with E-state index in [0.29, 0.717) is 24.8 Å². The molecule has 0 bridgehead atoms. The third kappa shape index (κ3) is 24.5. The lowest BCUT2D eigenvalue weighted by Gasteiger charge is -2.08. The molecule has 3 N–H and O–H groups in total. The first kappa shape index (κ1) is 22.3. The van der Waals surface area contributed by atoms with E-state index in [4.69, 9.17) is 0 Å². The Morgan fingerprint density at radius 2 is 1.71 bits per heavy atom. The normalized spacial score (nSPS) is 10.2. The third-order valence-electron chi connectivity index (χ3n) is 2.63. The Hall–Kier alpha value is -0.940. The van der Waals surface area contributed by atoms with Crippen molar-refractivity contribution < 1.29 is 9.59 Å². The third-order valence-corrected chi connectivity index (χ3v) is 2.63. The van der Waals surface area contributed by atoms with Crippen molar-refractivity contribution in [3.05, 3.63) is 0 Å². The largest absolute Gasteiger partial charge is 0.356 e. The van der Waals surface area contributed by atoms with Crippen molar-refractivity contribution in [1.29, 1.82) is 0 Å². The minimum Gasteiger partial charge on any atom is -0.356 e. The predicted molar refractivity (Wildman–Crippen MR) is 89.4 cm³/mol. The van der Waals surface area contributed by atoms with E-state index in [2.05, 4.69) is 29.8 Å². The quantitative estimate of drug-likeness (QED) is 0.401. The van der Waals surface area contributed by atoms with E-state index >= 15 is 0 Å². The van der Waals surface area contributed by atoms with Crippen molar-refractivity contribution in [2.45, 2.75) is 59.4 Å². The van der Waals surface area contributed by atoms with Crippen LogP contribution in [0.2, 0.25) is 0 Å². The molecule has 0 aromatic rings. The molecule has 0 aliphatic rings. The van der Waals surface area contributed by atoms with E-state index < -0.39 is 0 Å². The maximum Gasteiger partial charge on any atom is 0.220 e. The summed E-state index contributed by atoms with van der Waals surface area (Å²) in [7, 11) is 1.90. The molecule has 0 aliphatic carbocycles. The maximum absolute atomic E-state index is 11.3. The maximum atomic E-state index is 11.3. The molecule has 126 valence electrons. The molecule has 21 heavy (non-hydrogen) atoms. The molecule has 5 heteroatoms. The fourth-order valence-corrected chi connectivity index (χ4v) is 1.41. The van der Waals surface area contributed by atoms with Gasteiger partial charge in [0.1, 0.15) is 6.29 Å². The van der Waals surface area contributed by atoms with E-state index in [1.165, 1.54) is 0 Å². The summed E-state index contributed by atoms with van der Waals surface area (Å²) in [5.41, 5.74) is 0. The number of carbonyl (C=O) groups excluding carboxylic acids is 2. The molecule has 0 aromatic carbocycles. The van der Waals surface area contributed by atoms with Gasteiger partial charge in [-0.15, -0.1) is 0 Å². The van der Waals surface area contributed by atoms with E-state index in [9.17, 15) is 9.59 Å². The molecule has 0 atom stereocenters. The van der Waals surface area contributed by atoms with Gasteiger partial charge in [-0.1, -0.05) is 27.7 Å². The minimum absolute atomic E-state index is 0.162. The Morgan fingerprint density at radius 1 is 1.05 bits per heavy atom. The van der Waals surface area contributed by atoms with Gasteiger partial charge in [0.15, 0.2) is 0 Å². The molecule has 0 aliphatic heterocycles. The van der Waals surface area contributed by atoms with Crippen LogP contribution in [0.5, 0.6) is 0 Å². The van der Waals surface area contributed by atoms with Crippen LogP contribution in [0.4, 0.5) is 0 Å². The van der Waals surface area contributed by atoms with E-state index in [1.54, 1.807) is 0 Å². The average Bonchev–Trinajstić information content (AvgIpc) is 2.39. The highest BCUT2D eigenvalue weighted by Crippen LogP contribution is 1.92. The van der Waals surface area contributed by atoms with Gasteiger partial charge in [-0.2, -0.15) is 0 Å². The summed E-state index contributed by atoms with van der Waals surface area (Å²) < 4.78 is 0. The van der Waals surface area contributed by atoms with Gasteiger partial charge in [0.05, 0.1) is 0 Å². The molecule has 0 heterocycles. The highest BCUT2D eigenvalue weighted by molar-refractivity contribution is 5.75. The van der Waals surface area contributed by atoms with Crippen LogP contribution >= 0.6 is 0 Å². The van der Waals surface area contributed by atoms with Crippen molar-refractivity contribution in [2.75, 3.05) is 26.7 Å². The molecule has 1 amide bonds. The van der Waals surface area contributed by atoms with Gasteiger partial charge in [0.2, 0.25) is 5.91 Å². The first-order valence-electron chi connectivity index (χ1n) is 8.02. The van der Waals surface area contributed by atoms with Gasteiger partial charge in [-0.05, 0) is 38.9 Å². The summed E-state index contributed by atoms with van der Waals surface area (Å²) in [6, 6.07) is 0.524. The van der Waals surface area contributed by atoms with E-state index in [-0.39, 0.29) is 5.91 Å². The van der Waals surface area contributed by atoms with Crippen molar-refractivity contribution in [3.8, 4) is 0 Å². The monoisotopic (exact) mass is 301 g/mol. The molecule has 0 spiro atoms. The molecule has 0 saturated heterocycles. The van der Waals surface area contributed by atoms with Gasteiger partial charge >= 0.3 is 0 Å². The Bertz CT molecular complexity index is 244.